The van der Waals surface area contributed by atoms with Crippen molar-refractivity contribution in [2.24, 2.45) is 0 Å². The van der Waals surface area contributed by atoms with E-state index in [9.17, 15) is 4.39 Å². The molecule has 0 saturated carbocycles. The molecule has 0 heterocycles. The fraction of sp³-hybridized carbons (Fsp3) is 0.188. The monoisotopic (exact) mass is 270 g/mol. The van der Waals surface area contributed by atoms with Gasteiger partial charge in [-0.15, -0.1) is 0 Å². The molecule has 0 bridgehead atoms. The molecule has 0 saturated heterocycles. The Labute approximate surface area is 117 Å². The van der Waals surface area contributed by atoms with Gasteiger partial charge in [-0.1, -0.05) is 12.1 Å². The fourth-order valence-corrected chi connectivity index (χ4v) is 1.97. The first kappa shape index (κ1) is 14.0. The Balaban J connectivity index is 2.02. The van der Waals surface area contributed by atoms with Crippen molar-refractivity contribution >= 4 is 0 Å². The van der Waals surface area contributed by atoms with Crippen LogP contribution in [0.4, 0.5) is 4.39 Å². The summed E-state index contributed by atoms with van der Waals surface area (Å²) in [5, 5.41) is 12.1. The second kappa shape index (κ2) is 6.69. The van der Waals surface area contributed by atoms with E-state index in [1.165, 1.54) is 12.1 Å². The molecule has 0 unspecified atom stereocenters. The molecule has 102 valence electrons. The van der Waals surface area contributed by atoms with Crippen molar-refractivity contribution < 1.29 is 9.13 Å². The van der Waals surface area contributed by atoms with E-state index in [4.69, 9.17) is 10.00 Å². The lowest BCUT2D eigenvalue weighted by atomic mass is 10.1. The number of hydrogen-bond donors (Lipinski definition) is 1. The first-order chi connectivity index (χ1) is 9.72. The second-order valence-electron chi connectivity index (χ2n) is 4.37. The van der Waals surface area contributed by atoms with Gasteiger partial charge >= 0.3 is 0 Å². The minimum atomic E-state index is -0.242. The Kier molecular flexibility index (Phi) is 4.70. The summed E-state index contributed by atoms with van der Waals surface area (Å²) in [6.07, 6.45) is 0. The quantitative estimate of drug-likeness (QED) is 0.908. The number of methoxy groups -OCH3 is 1. The highest BCUT2D eigenvalue weighted by Gasteiger charge is 2.04. The van der Waals surface area contributed by atoms with Crippen molar-refractivity contribution in [1.82, 2.24) is 5.32 Å². The molecule has 0 fully saturated rings. The van der Waals surface area contributed by atoms with Gasteiger partial charge in [-0.2, -0.15) is 5.26 Å². The maximum atomic E-state index is 13.1. The maximum absolute atomic E-state index is 13.1. The molecule has 1 N–H and O–H groups in total. The molecule has 0 radical (unpaired) electrons. The third kappa shape index (κ3) is 3.56. The van der Waals surface area contributed by atoms with Gasteiger partial charge in [0.1, 0.15) is 11.6 Å². The third-order valence-electron chi connectivity index (χ3n) is 2.94. The normalized spacial score (nSPS) is 10.1. The largest absolute Gasteiger partial charge is 0.496 e. The third-order valence-corrected chi connectivity index (χ3v) is 2.94. The van der Waals surface area contributed by atoms with Crippen molar-refractivity contribution in [2.75, 3.05) is 7.11 Å². The second-order valence-corrected chi connectivity index (χ2v) is 4.37. The number of ether oxygens (including phenoxy) is 1. The molecular weight excluding hydrogens is 255 g/mol. The summed E-state index contributed by atoms with van der Waals surface area (Å²) in [6, 6.07) is 13.8. The van der Waals surface area contributed by atoms with Crippen LogP contribution in [0.15, 0.2) is 42.5 Å². The van der Waals surface area contributed by atoms with E-state index in [1.807, 2.05) is 6.07 Å². The highest BCUT2D eigenvalue weighted by atomic mass is 19.1. The lowest BCUT2D eigenvalue weighted by Crippen LogP contribution is -2.13. The zero-order valence-electron chi connectivity index (χ0n) is 11.2. The fourth-order valence-electron chi connectivity index (χ4n) is 1.97. The van der Waals surface area contributed by atoms with E-state index in [2.05, 4.69) is 11.4 Å². The van der Waals surface area contributed by atoms with Crippen molar-refractivity contribution in [1.29, 1.82) is 5.26 Å². The maximum Gasteiger partial charge on any atom is 0.123 e. The molecule has 0 aromatic heterocycles. The molecule has 0 aliphatic carbocycles. The number of nitrogens with one attached hydrogen (secondary N) is 1. The molecule has 2 aromatic rings. The number of hydrogen-bond acceptors (Lipinski definition) is 3. The summed E-state index contributed by atoms with van der Waals surface area (Å²) in [6.45, 7) is 1.10. The number of halogens is 1. The molecule has 0 atom stereocenters. The number of benzene rings is 2. The van der Waals surface area contributed by atoms with Gasteiger partial charge in [0.25, 0.3) is 0 Å². The smallest absolute Gasteiger partial charge is 0.123 e. The Morgan fingerprint density at radius 3 is 2.75 bits per heavy atom. The standard InChI is InChI=1S/C16H15FN2O/c1-20-16-6-5-12(9-18)7-14(16)11-19-10-13-3-2-4-15(17)8-13/h2-8,19H,10-11H2,1H3. The zero-order valence-corrected chi connectivity index (χ0v) is 11.2. The number of rotatable bonds is 5. The number of nitriles is 1. The van der Waals surface area contributed by atoms with E-state index in [-0.39, 0.29) is 5.82 Å². The minimum absolute atomic E-state index is 0.242. The van der Waals surface area contributed by atoms with Crippen molar-refractivity contribution in [3.8, 4) is 11.8 Å². The van der Waals surface area contributed by atoms with Crippen LogP contribution in [0.1, 0.15) is 16.7 Å². The predicted molar refractivity (Wildman–Crippen MR) is 74.7 cm³/mol. The molecule has 2 rings (SSSR count). The average molecular weight is 270 g/mol. The zero-order chi connectivity index (χ0) is 14.4. The van der Waals surface area contributed by atoms with E-state index >= 15 is 0 Å². The van der Waals surface area contributed by atoms with Crippen LogP contribution < -0.4 is 10.1 Å². The summed E-state index contributed by atoms with van der Waals surface area (Å²) < 4.78 is 18.3. The lowest BCUT2D eigenvalue weighted by Gasteiger charge is -2.10. The molecule has 0 aliphatic rings. The van der Waals surface area contributed by atoms with Crippen LogP contribution in [0.2, 0.25) is 0 Å². The van der Waals surface area contributed by atoms with Gasteiger partial charge in [-0.25, -0.2) is 4.39 Å². The van der Waals surface area contributed by atoms with Crippen molar-refractivity contribution in [2.45, 2.75) is 13.1 Å². The molecule has 20 heavy (non-hydrogen) atoms. The van der Waals surface area contributed by atoms with E-state index in [0.29, 0.717) is 18.7 Å². The molecule has 4 heteroatoms. The summed E-state index contributed by atoms with van der Waals surface area (Å²) >= 11 is 0. The average Bonchev–Trinajstić information content (AvgIpc) is 2.47. The molecule has 0 amide bonds. The van der Waals surface area contributed by atoms with Crippen LogP contribution in [0.5, 0.6) is 5.75 Å². The molecule has 3 nitrogen and oxygen atoms in total. The van der Waals surface area contributed by atoms with Gasteiger partial charge in [0.2, 0.25) is 0 Å². The van der Waals surface area contributed by atoms with Crippen LogP contribution >= 0.6 is 0 Å². The first-order valence-electron chi connectivity index (χ1n) is 6.25. The summed E-state index contributed by atoms with van der Waals surface area (Å²) in [7, 11) is 1.59. The number of nitrogens with zero attached hydrogens (tertiary/aromatic N) is 1. The van der Waals surface area contributed by atoms with Gasteiger partial charge in [0.05, 0.1) is 18.7 Å². The lowest BCUT2D eigenvalue weighted by molar-refractivity contribution is 0.407. The highest BCUT2D eigenvalue weighted by molar-refractivity contribution is 5.42. The van der Waals surface area contributed by atoms with Crippen LogP contribution in [-0.2, 0) is 13.1 Å². The van der Waals surface area contributed by atoms with E-state index in [1.54, 1.807) is 31.4 Å². The van der Waals surface area contributed by atoms with Crippen LogP contribution in [0, 0.1) is 17.1 Å². The predicted octanol–water partition coefficient (Wildman–Crippen LogP) is 3.00. The van der Waals surface area contributed by atoms with Crippen LogP contribution in [0.3, 0.4) is 0 Å². The van der Waals surface area contributed by atoms with Crippen molar-refractivity contribution in [3.05, 3.63) is 65.0 Å². The summed E-state index contributed by atoms with van der Waals surface area (Å²) in [4.78, 5) is 0. The summed E-state index contributed by atoms with van der Waals surface area (Å²) in [5.74, 6) is 0.490. The Morgan fingerprint density at radius 1 is 1.20 bits per heavy atom. The van der Waals surface area contributed by atoms with Gasteiger partial charge < -0.3 is 10.1 Å². The molecule has 0 aliphatic heterocycles. The highest BCUT2D eigenvalue weighted by Crippen LogP contribution is 2.19. The van der Waals surface area contributed by atoms with Crippen LogP contribution in [0.25, 0.3) is 0 Å². The van der Waals surface area contributed by atoms with Crippen LogP contribution in [-0.4, -0.2) is 7.11 Å². The molecular formula is C16H15FN2O. The van der Waals surface area contributed by atoms with Gasteiger partial charge in [0.15, 0.2) is 0 Å². The van der Waals surface area contributed by atoms with E-state index in [0.717, 1.165) is 16.9 Å². The molecule has 0 spiro atoms. The van der Waals surface area contributed by atoms with Crippen molar-refractivity contribution in [3.63, 3.8) is 0 Å². The minimum Gasteiger partial charge on any atom is -0.496 e. The Morgan fingerprint density at radius 2 is 2.05 bits per heavy atom. The Bertz CT molecular complexity index is 635. The summed E-state index contributed by atoms with van der Waals surface area (Å²) in [5.41, 5.74) is 2.37. The topological polar surface area (TPSA) is 45.0 Å². The van der Waals surface area contributed by atoms with E-state index < -0.39 is 0 Å². The first-order valence-corrected chi connectivity index (χ1v) is 6.25. The Hall–Kier alpha value is -2.38. The van der Waals surface area contributed by atoms with Gasteiger partial charge in [0, 0.05) is 18.7 Å². The SMILES string of the molecule is COc1ccc(C#N)cc1CNCc1cccc(F)c1. The molecule has 2 aromatic carbocycles. The van der Waals surface area contributed by atoms with Gasteiger partial charge in [-0.3, -0.25) is 0 Å². The van der Waals surface area contributed by atoms with Gasteiger partial charge in [-0.05, 0) is 35.9 Å².